The summed E-state index contributed by atoms with van der Waals surface area (Å²) in [6, 6.07) is 0.584. The zero-order chi connectivity index (χ0) is 15.4. The van der Waals surface area contributed by atoms with Gasteiger partial charge in [0, 0.05) is 45.3 Å². The maximum Gasteiger partial charge on any atom is 0.231 e. The molecule has 0 bridgehead atoms. The Bertz CT molecular complexity index is 455. The molecule has 2 rings (SSSR count). The molecule has 0 aromatic carbocycles. The fourth-order valence-electron chi connectivity index (χ4n) is 2.56. The van der Waals surface area contributed by atoms with Crippen molar-refractivity contribution in [2.45, 2.75) is 33.7 Å². The summed E-state index contributed by atoms with van der Waals surface area (Å²) < 4.78 is 0. The van der Waals surface area contributed by atoms with E-state index in [1.807, 2.05) is 0 Å². The van der Waals surface area contributed by atoms with Crippen molar-refractivity contribution in [3.63, 3.8) is 0 Å². The van der Waals surface area contributed by atoms with E-state index in [4.69, 9.17) is 11.6 Å². The van der Waals surface area contributed by atoms with Gasteiger partial charge >= 0.3 is 0 Å². The third kappa shape index (κ3) is 3.95. The third-order valence-corrected chi connectivity index (χ3v) is 4.13. The van der Waals surface area contributed by atoms with Gasteiger partial charge in [-0.1, -0.05) is 0 Å². The monoisotopic (exact) mass is 312 g/mol. The first-order chi connectivity index (χ1) is 10.0. The van der Waals surface area contributed by atoms with Gasteiger partial charge in [0.25, 0.3) is 0 Å². The summed E-state index contributed by atoms with van der Waals surface area (Å²) >= 11 is 6.08. The van der Waals surface area contributed by atoms with Gasteiger partial charge in [-0.25, -0.2) is 0 Å². The first kappa shape index (κ1) is 16.2. The Morgan fingerprint density at radius 2 is 1.67 bits per heavy atom. The van der Waals surface area contributed by atoms with Crippen molar-refractivity contribution >= 4 is 23.5 Å². The summed E-state index contributed by atoms with van der Waals surface area (Å²) in [4.78, 5) is 19.9. The van der Waals surface area contributed by atoms with Crippen LogP contribution in [0.5, 0.6) is 0 Å². The van der Waals surface area contributed by atoms with Crippen LogP contribution in [-0.4, -0.2) is 65.2 Å². The molecule has 0 saturated carbocycles. The summed E-state index contributed by atoms with van der Waals surface area (Å²) in [5.74, 6) is 1.36. The molecule has 118 valence electrons. The maximum absolute atomic E-state index is 6.08. The lowest BCUT2D eigenvalue weighted by atomic mass is 10.2. The number of rotatable bonds is 5. The Morgan fingerprint density at radius 1 is 1.05 bits per heavy atom. The van der Waals surface area contributed by atoms with Crippen LogP contribution in [-0.2, 0) is 0 Å². The lowest BCUT2D eigenvalue weighted by Gasteiger charge is -2.37. The standard InChI is InChI=1S/C14H25ClN6/c1-5-19(6-2)13-16-12(15)17-14(18-13)21-9-7-20(8-10-21)11(3)4/h11H,5-10H2,1-4H3. The summed E-state index contributed by atoms with van der Waals surface area (Å²) in [5, 5.41) is 0.271. The number of halogens is 1. The number of aromatic nitrogens is 3. The molecule has 21 heavy (non-hydrogen) atoms. The highest BCUT2D eigenvalue weighted by atomic mass is 35.5. The minimum absolute atomic E-state index is 0.271. The number of hydrogen-bond donors (Lipinski definition) is 0. The highest BCUT2D eigenvalue weighted by molar-refractivity contribution is 6.28. The van der Waals surface area contributed by atoms with Gasteiger partial charge in [0.15, 0.2) is 0 Å². The Balaban J connectivity index is 2.13. The average molecular weight is 313 g/mol. The van der Waals surface area contributed by atoms with Gasteiger partial charge in [-0.05, 0) is 39.3 Å². The largest absolute Gasteiger partial charge is 0.341 e. The molecule has 7 heteroatoms. The maximum atomic E-state index is 6.08. The molecule has 2 heterocycles. The van der Waals surface area contributed by atoms with Gasteiger partial charge in [0.1, 0.15) is 0 Å². The molecule has 0 spiro atoms. The molecular formula is C14H25ClN6. The Labute approximate surface area is 132 Å². The van der Waals surface area contributed by atoms with E-state index < -0.39 is 0 Å². The van der Waals surface area contributed by atoms with E-state index in [0.29, 0.717) is 17.9 Å². The van der Waals surface area contributed by atoms with Crippen molar-refractivity contribution in [2.24, 2.45) is 0 Å². The molecule has 6 nitrogen and oxygen atoms in total. The van der Waals surface area contributed by atoms with Gasteiger partial charge in [-0.3, -0.25) is 4.90 Å². The van der Waals surface area contributed by atoms with Crippen LogP contribution in [0.25, 0.3) is 0 Å². The van der Waals surface area contributed by atoms with E-state index in [0.717, 1.165) is 39.3 Å². The van der Waals surface area contributed by atoms with E-state index in [-0.39, 0.29) is 5.28 Å². The minimum atomic E-state index is 0.271. The van der Waals surface area contributed by atoms with Gasteiger partial charge in [0.05, 0.1) is 0 Å². The van der Waals surface area contributed by atoms with E-state index in [1.165, 1.54) is 0 Å². The summed E-state index contributed by atoms with van der Waals surface area (Å²) in [5.41, 5.74) is 0. The summed E-state index contributed by atoms with van der Waals surface area (Å²) in [6.45, 7) is 14.3. The first-order valence-electron chi connectivity index (χ1n) is 7.70. The third-order valence-electron chi connectivity index (χ3n) is 3.96. The van der Waals surface area contributed by atoms with Crippen LogP contribution in [0, 0.1) is 0 Å². The van der Waals surface area contributed by atoms with Crippen molar-refractivity contribution in [1.29, 1.82) is 0 Å². The predicted molar refractivity (Wildman–Crippen MR) is 87.3 cm³/mol. The predicted octanol–water partition coefficient (Wildman–Crippen LogP) is 1.90. The molecule has 0 radical (unpaired) electrons. The van der Waals surface area contributed by atoms with Gasteiger partial charge in [-0.2, -0.15) is 15.0 Å². The van der Waals surface area contributed by atoms with E-state index in [2.05, 4.69) is 57.3 Å². The van der Waals surface area contributed by atoms with Crippen LogP contribution in [0.1, 0.15) is 27.7 Å². The van der Waals surface area contributed by atoms with Crippen LogP contribution < -0.4 is 9.80 Å². The fraction of sp³-hybridized carbons (Fsp3) is 0.786. The molecule has 0 amide bonds. The lowest BCUT2D eigenvalue weighted by Crippen LogP contribution is -2.49. The quantitative estimate of drug-likeness (QED) is 0.827. The molecule has 0 atom stereocenters. The second-order valence-electron chi connectivity index (χ2n) is 5.49. The Kier molecular flexibility index (Phi) is 5.58. The molecule has 1 fully saturated rings. The number of anilines is 2. The van der Waals surface area contributed by atoms with Crippen LogP contribution in [0.3, 0.4) is 0 Å². The lowest BCUT2D eigenvalue weighted by molar-refractivity contribution is 0.208. The minimum Gasteiger partial charge on any atom is -0.341 e. The van der Waals surface area contributed by atoms with Crippen LogP contribution in [0.2, 0.25) is 5.28 Å². The average Bonchev–Trinajstić information content (AvgIpc) is 2.48. The van der Waals surface area contributed by atoms with E-state index in [1.54, 1.807) is 0 Å². The highest BCUT2D eigenvalue weighted by Crippen LogP contribution is 2.18. The molecule has 1 saturated heterocycles. The van der Waals surface area contributed by atoms with Gasteiger partial charge in [0.2, 0.25) is 17.2 Å². The zero-order valence-electron chi connectivity index (χ0n) is 13.4. The van der Waals surface area contributed by atoms with Crippen molar-refractivity contribution in [2.75, 3.05) is 49.1 Å². The van der Waals surface area contributed by atoms with Crippen molar-refractivity contribution in [1.82, 2.24) is 19.9 Å². The molecule has 0 unspecified atom stereocenters. The summed E-state index contributed by atoms with van der Waals surface area (Å²) in [7, 11) is 0. The molecule has 0 N–H and O–H groups in total. The zero-order valence-corrected chi connectivity index (χ0v) is 14.1. The van der Waals surface area contributed by atoms with Crippen LogP contribution >= 0.6 is 11.6 Å². The Morgan fingerprint density at radius 3 is 2.19 bits per heavy atom. The van der Waals surface area contributed by atoms with Gasteiger partial charge < -0.3 is 9.80 Å². The van der Waals surface area contributed by atoms with E-state index >= 15 is 0 Å². The molecule has 1 aliphatic heterocycles. The normalized spacial score (nSPS) is 16.6. The van der Waals surface area contributed by atoms with Crippen molar-refractivity contribution < 1.29 is 0 Å². The molecule has 1 aliphatic rings. The Hall–Kier alpha value is -1.14. The molecule has 1 aromatic rings. The van der Waals surface area contributed by atoms with Crippen molar-refractivity contribution in [3.05, 3.63) is 5.28 Å². The van der Waals surface area contributed by atoms with Crippen molar-refractivity contribution in [3.8, 4) is 0 Å². The van der Waals surface area contributed by atoms with Crippen LogP contribution in [0.4, 0.5) is 11.9 Å². The van der Waals surface area contributed by atoms with Crippen LogP contribution in [0.15, 0.2) is 0 Å². The second-order valence-corrected chi connectivity index (χ2v) is 5.83. The summed E-state index contributed by atoms with van der Waals surface area (Å²) in [6.07, 6.45) is 0. The molecule has 1 aromatic heterocycles. The molecule has 0 aliphatic carbocycles. The second kappa shape index (κ2) is 7.22. The highest BCUT2D eigenvalue weighted by Gasteiger charge is 2.22. The molecular weight excluding hydrogens is 288 g/mol. The topological polar surface area (TPSA) is 48.4 Å². The number of nitrogens with zero attached hydrogens (tertiary/aromatic N) is 6. The fourth-order valence-corrected chi connectivity index (χ4v) is 2.71. The van der Waals surface area contributed by atoms with Gasteiger partial charge in [-0.15, -0.1) is 0 Å². The number of hydrogen-bond acceptors (Lipinski definition) is 6. The first-order valence-corrected chi connectivity index (χ1v) is 8.08. The number of piperazine rings is 1. The SMILES string of the molecule is CCN(CC)c1nc(Cl)nc(N2CCN(C(C)C)CC2)n1. The van der Waals surface area contributed by atoms with E-state index in [9.17, 15) is 0 Å². The smallest absolute Gasteiger partial charge is 0.231 e.